The Bertz CT molecular complexity index is 376. The van der Waals surface area contributed by atoms with E-state index < -0.39 is 5.97 Å². The first-order valence-corrected chi connectivity index (χ1v) is 5.28. The highest BCUT2D eigenvalue weighted by molar-refractivity contribution is 5.88. The van der Waals surface area contributed by atoms with Crippen LogP contribution in [0.15, 0.2) is 24.3 Å². The molecule has 0 saturated carbocycles. The number of hydrogen-bond acceptors (Lipinski definition) is 2. The van der Waals surface area contributed by atoms with E-state index in [1.807, 2.05) is 12.1 Å². The first kappa shape index (κ1) is 10.0. The number of hydrogen-bond donors (Lipinski definition) is 1. The van der Waals surface area contributed by atoms with Gasteiger partial charge in [0.2, 0.25) is 0 Å². The number of carboxylic acid groups (broad SMARTS) is 1. The van der Waals surface area contributed by atoms with Crippen LogP contribution in [0.5, 0.6) is 0 Å². The maximum Gasteiger partial charge on any atom is 0.335 e. The fourth-order valence-corrected chi connectivity index (χ4v) is 2.13. The van der Waals surface area contributed by atoms with E-state index in [0.717, 1.165) is 12.2 Å². The van der Waals surface area contributed by atoms with E-state index in [0.29, 0.717) is 11.6 Å². The van der Waals surface area contributed by atoms with Crippen LogP contribution >= 0.6 is 0 Å². The fourth-order valence-electron chi connectivity index (χ4n) is 2.13. The maximum atomic E-state index is 10.8. The van der Waals surface area contributed by atoms with E-state index in [4.69, 9.17) is 5.11 Å². The van der Waals surface area contributed by atoms with Crippen LogP contribution in [0.4, 0.5) is 5.69 Å². The van der Waals surface area contributed by atoms with Crippen molar-refractivity contribution in [1.29, 1.82) is 0 Å². The predicted molar refractivity (Wildman–Crippen MR) is 59.4 cm³/mol. The standard InChI is InChI=1S/C12H15NO2/c1-9-4-3-7-13(9)11-6-2-5-10(8-11)12(14)15/h2,5-6,8-9H,3-4,7H2,1H3,(H,14,15). The molecule has 1 heterocycles. The van der Waals surface area contributed by atoms with Crippen LogP contribution in [-0.4, -0.2) is 23.7 Å². The average Bonchev–Trinajstić information content (AvgIpc) is 2.64. The van der Waals surface area contributed by atoms with Gasteiger partial charge in [-0.3, -0.25) is 0 Å². The van der Waals surface area contributed by atoms with Crippen molar-refractivity contribution in [1.82, 2.24) is 0 Å². The van der Waals surface area contributed by atoms with Crippen LogP contribution in [0.2, 0.25) is 0 Å². The maximum absolute atomic E-state index is 10.8. The summed E-state index contributed by atoms with van der Waals surface area (Å²) in [4.78, 5) is 13.1. The Kier molecular flexibility index (Phi) is 2.62. The second kappa shape index (κ2) is 3.93. The molecule has 15 heavy (non-hydrogen) atoms. The van der Waals surface area contributed by atoms with Gasteiger partial charge in [-0.1, -0.05) is 6.07 Å². The summed E-state index contributed by atoms with van der Waals surface area (Å²) in [6.45, 7) is 3.21. The summed E-state index contributed by atoms with van der Waals surface area (Å²) < 4.78 is 0. The molecule has 1 aromatic rings. The number of aromatic carboxylic acids is 1. The van der Waals surface area contributed by atoms with Gasteiger partial charge in [-0.2, -0.15) is 0 Å². The van der Waals surface area contributed by atoms with E-state index in [1.54, 1.807) is 12.1 Å². The van der Waals surface area contributed by atoms with Gasteiger partial charge in [0.25, 0.3) is 0 Å². The zero-order valence-electron chi connectivity index (χ0n) is 8.81. The van der Waals surface area contributed by atoms with Crippen molar-refractivity contribution in [3.8, 4) is 0 Å². The van der Waals surface area contributed by atoms with Crippen LogP contribution in [0.3, 0.4) is 0 Å². The first-order valence-electron chi connectivity index (χ1n) is 5.28. The highest BCUT2D eigenvalue weighted by Crippen LogP contribution is 2.25. The number of anilines is 1. The van der Waals surface area contributed by atoms with Gasteiger partial charge in [-0.15, -0.1) is 0 Å². The zero-order valence-corrected chi connectivity index (χ0v) is 8.81. The van der Waals surface area contributed by atoms with Crippen LogP contribution in [-0.2, 0) is 0 Å². The van der Waals surface area contributed by atoms with Gasteiger partial charge >= 0.3 is 5.97 Å². The highest BCUT2D eigenvalue weighted by Gasteiger charge is 2.20. The summed E-state index contributed by atoms with van der Waals surface area (Å²) in [5.41, 5.74) is 1.39. The lowest BCUT2D eigenvalue weighted by atomic mass is 10.1. The SMILES string of the molecule is CC1CCCN1c1cccc(C(=O)O)c1. The van der Waals surface area contributed by atoms with Gasteiger partial charge in [0.15, 0.2) is 0 Å². The van der Waals surface area contributed by atoms with E-state index in [1.165, 1.54) is 12.8 Å². The van der Waals surface area contributed by atoms with Crippen LogP contribution in [0.1, 0.15) is 30.1 Å². The molecular formula is C12H15NO2. The summed E-state index contributed by atoms with van der Waals surface area (Å²) >= 11 is 0. The van der Waals surface area contributed by atoms with Crippen molar-refractivity contribution >= 4 is 11.7 Å². The quantitative estimate of drug-likeness (QED) is 0.805. The largest absolute Gasteiger partial charge is 0.478 e. The number of nitrogens with zero attached hydrogens (tertiary/aromatic N) is 1. The van der Waals surface area contributed by atoms with Crippen molar-refractivity contribution in [2.75, 3.05) is 11.4 Å². The highest BCUT2D eigenvalue weighted by atomic mass is 16.4. The van der Waals surface area contributed by atoms with Gasteiger partial charge in [0.05, 0.1) is 5.56 Å². The third-order valence-corrected chi connectivity index (χ3v) is 2.98. The molecule has 1 aliphatic heterocycles. The molecule has 1 aromatic carbocycles. The molecule has 0 aromatic heterocycles. The van der Waals surface area contributed by atoms with Crippen LogP contribution in [0.25, 0.3) is 0 Å². The molecule has 0 spiro atoms. The molecule has 1 atom stereocenters. The lowest BCUT2D eigenvalue weighted by molar-refractivity contribution is 0.0697. The molecule has 0 radical (unpaired) electrons. The van der Waals surface area contributed by atoms with Crippen molar-refractivity contribution in [3.63, 3.8) is 0 Å². The fraction of sp³-hybridized carbons (Fsp3) is 0.417. The van der Waals surface area contributed by atoms with Crippen molar-refractivity contribution in [2.45, 2.75) is 25.8 Å². The smallest absolute Gasteiger partial charge is 0.335 e. The molecule has 1 unspecified atom stereocenters. The summed E-state index contributed by atoms with van der Waals surface area (Å²) in [5.74, 6) is -0.858. The van der Waals surface area contributed by atoms with E-state index in [-0.39, 0.29) is 0 Å². The minimum atomic E-state index is -0.858. The molecule has 80 valence electrons. The Morgan fingerprint density at radius 3 is 2.93 bits per heavy atom. The third-order valence-electron chi connectivity index (χ3n) is 2.98. The Labute approximate surface area is 89.3 Å². The van der Waals surface area contributed by atoms with E-state index in [9.17, 15) is 4.79 Å². The summed E-state index contributed by atoms with van der Waals surface area (Å²) in [7, 11) is 0. The van der Waals surface area contributed by atoms with Gasteiger partial charge in [-0.25, -0.2) is 4.79 Å². The summed E-state index contributed by atoms with van der Waals surface area (Å²) in [6.07, 6.45) is 2.38. The van der Waals surface area contributed by atoms with Gasteiger partial charge in [0.1, 0.15) is 0 Å². The minimum Gasteiger partial charge on any atom is -0.478 e. The topological polar surface area (TPSA) is 40.5 Å². The molecule has 0 amide bonds. The third kappa shape index (κ3) is 1.96. The molecule has 0 aliphatic carbocycles. The molecular weight excluding hydrogens is 190 g/mol. The van der Waals surface area contributed by atoms with Crippen molar-refractivity contribution in [3.05, 3.63) is 29.8 Å². The number of rotatable bonds is 2. The van der Waals surface area contributed by atoms with Gasteiger partial charge < -0.3 is 10.0 Å². The van der Waals surface area contributed by atoms with Crippen LogP contribution in [0, 0.1) is 0 Å². The summed E-state index contributed by atoms with van der Waals surface area (Å²) in [6, 6.07) is 7.70. The number of carbonyl (C=O) groups is 1. The van der Waals surface area contributed by atoms with E-state index >= 15 is 0 Å². The molecule has 3 nitrogen and oxygen atoms in total. The van der Waals surface area contributed by atoms with Gasteiger partial charge in [0, 0.05) is 18.3 Å². The minimum absolute atomic E-state index is 0.367. The lowest BCUT2D eigenvalue weighted by Gasteiger charge is -2.23. The number of carboxylic acids is 1. The Balaban J connectivity index is 2.28. The molecule has 2 rings (SSSR count). The Morgan fingerprint density at radius 2 is 2.33 bits per heavy atom. The molecule has 1 aliphatic rings. The van der Waals surface area contributed by atoms with E-state index in [2.05, 4.69) is 11.8 Å². The molecule has 1 fully saturated rings. The lowest BCUT2D eigenvalue weighted by Crippen LogP contribution is -2.26. The Hall–Kier alpha value is -1.51. The summed E-state index contributed by atoms with van der Waals surface area (Å²) in [5, 5.41) is 8.90. The predicted octanol–water partition coefficient (Wildman–Crippen LogP) is 2.37. The monoisotopic (exact) mass is 205 g/mol. The first-order chi connectivity index (χ1) is 7.18. The molecule has 0 bridgehead atoms. The molecule has 3 heteroatoms. The van der Waals surface area contributed by atoms with Crippen molar-refractivity contribution < 1.29 is 9.90 Å². The second-order valence-corrected chi connectivity index (χ2v) is 4.04. The zero-order chi connectivity index (χ0) is 10.8. The number of benzene rings is 1. The molecule has 1 saturated heterocycles. The average molecular weight is 205 g/mol. The normalized spacial score (nSPS) is 20.6. The molecule has 1 N–H and O–H groups in total. The van der Waals surface area contributed by atoms with Crippen molar-refractivity contribution in [2.24, 2.45) is 0 Å². The second-order valence-electron chi connectivity index (χ2n) is 4.04. The van der Waals surface area contributed by atoms with Crippen LogP contribution < -0.4 is 4.90 Å². The Morgan fingerprint density at radius 1 is 1.53 bits per heavy atom. The van der Waals surface area contributed by atoms with Gasteiger partial charge in [-0.05, 0) is 38.0 Å².